The van der Waals surface area contributed by atoms with E-state index in [0.29, 0.717) is 28.6 Å². The summed E-state index contributed by atoms with van der Waals surface area (Å²) in [7, 11) is 0. The van der Waals surface area contributed by atoms with Crippen LogP contribution in [0.5, 0.6) is 0 Å². The predicted molar refractivity (Wildman–Crippen MR) is 107 cm³/mol. The smallest absolute Gasteiger partial charge is 0.247 e. The number of nitrogens with one attached hydrogen (secondary N) is 2. The SMILES string of the molecule is CC(C(=O)Nc1ccc(-c2n[nH]c(C3CC3)n2)cc1)n1cnc2c(N)ncnc21. The van der Waals surface area contributed by atoms with E-state index in [2.05, 4.69) is 35.5 Å². The Morgan fingerprint density at radius 2 is 2.03 bits per heavy atom. The van der Waals surface area contributed by atoms with Gasteiger partial charge in [-0.05, 0) is 44.0 Å². The predicted octanol–water partition coefficient (Wildman–Crippen LogP) is 2.27. The zero-order chi connectivity index (χ0) is 20.0. The minimum Gasteiger partial charge on any atom is -0.382 e. The van der Waals surface area contributed by atoms with Gasteiger partial charge in [0.25, 0.3) is 0 Å². The molecule has 1 fully saturated rings. The molecule has 4 N–H and O–H groups in total. The molecule has 3 heterocycles. The summed E-state index contributed by atoms with van der Waals surface area (Å²) in [6.07, 6.45) is 5.24. The Balaban J connectivity index is 1.31. The van der Waals surface area contributed by atoms with Gasteiger partial charge in [0.2, 0.25) is 5.91 Å². The molecule has 1 unspecified atom stereocenters. The highest BCUT2D eigenvalue weighted by molar-refractivity contribution is 5.95. The van der Waals surface area contributed by atoms with Crippen molar-refractivity contribution >= 4 is 28.6 Å². The molecule has 0 bridgehead atoms. The molecule has 1 saturated carbocycles. The summed E-state index contributed by atoms with van der Waals surface area (Å²) < 4.78 is 1.67. The molecule has 10 heteroatoms. The number of aromatic nitrogens is 7. The van der Waals surface area contributed by atoms with E-state index < -0.39 is 6.04 Å². The van der Waals surface area contributed by atoms with Crippen LogP contribution >= 0.6 is 0 Å². The van der Waals surface area contributed by atoms with Gasteiger partial charge in [-0.1, -0.05) is 0 Å². The lowest BCUT2D eigenvalue weighted by molar-refractivity contribution is -0.118. The summed E-state index contributed by atoms with van der Waals surface area (Å²) in [5, 5.41) is 10.2. The first kappa shape index (κ1) is 17.3. The molecule has 1 amide bonds. The minimum absolute atomic E-state index is 0.192. The molecule has 5 rings (SSSR count). The number of nitrogens with zero attached hydrogens (tertiary/aromatic N) is 6. The fourth-order valence-corrected chi connectivity index (χ4v) is 3.17. The van der Waals surface area contributed by atoms with E-state index in [1.807, 2.05) is 24.3 Å². The first-order valence-corrected chi connectivity index (χ1v) is 9.37. The van der Waals surface area contributed by atoms with Crippen molar-refractivity contribution in [2.75, 3.05) is 11.1 Å². The second-order valence-electron chi connectivity index (χ2n) is 7.14. The number of nitrogens with two attached hydrogens (primary N) is 1. The normalized spacial score (nSPS) is 14.8. The van der Waals surface area contributed by atoms with Gasteiger partial charge in [-0.15, -0.1) is 0 Å². The van der Waals surface area contributed by atoms with Gasteiger partial charge in [0.05, 0.1) is 6.33 Å². The molecule has 146 valence electrons. The van der Waals surface area contributed by atoms with Crippen molar-refractivity contribution in [2.24, 2.45) is 0 Å². The second kappa shape index (κ2) is 6.66. The van der Waals surface area contributed by atoms with Gasteiger partial charge < -0.3 is 15.6 Å². The third kappa shape index (κ3) is 3.18. The van der Waals surface area contributed by atoms with E-state index >= 15 is 0 Å². The quantitative estimate of drug-likeness (QED) is 0.475. The molecule has 1 aromatic carbocycles. The first-order chi connectivity index (χ1) is 14.1. The average Bonchev–Trinajstić information content (AvgIpc) is 3.29. The molecule has 0 aliphatic heterocycles. The average molecular weight is 389 g/mol. The van der Waals surface area contributed by atoms with Gasteiger partial charge >= 0.3 is 0 Å². The second-order valence-corrected chi connectivity index (χ2v) is 7.14. The number of nitrogen functional groups attached to an aromatic ring is 1. The summed E-state index contributed by atoms with van der Waals surface area (Å²) >= 11 is 0. The third-order valence-electron chi connectivity index (χ3n) is 5.06. The van der Waals surface area contributed by atoms with Crippen LogP contribution in [0.1, 0.15) is 37.5 Å². The third-order valence-corrected chi connectivity index (χ3v) is 5.06. The van der Waals surface area contributed by atoms with Crippen LogP contribution in [0.2, 0.25) is 0 Å². The van der Waals surface area contributed by atoms with E-state index in [1.54, 1.807) is 17.8 Å². The van der Waals surface area contributed by atoms with Crippen molar-refractivity contribution < 1.29 is 4.79 Å². The Bertz CT molecular complexity index is 1190. The lowest BCUT2D eigenvalue weighted by Crippen LogP contribution is -2.23. The molecule has 1 aliphatic rings. The minimum atomic E-state index is -0.525. The van der Waals surface area contributed by atoms with Crippen LogP contribution in [0.4, 0.5) is 11.5 Å². The van der Waals surface area contributed by atoms with Crippen molar-refractivity contribution in [1.29, 1.82) is 0 Å². The van der Waals surface area contributed by atoms with Crippen LogP contribution in [-0.4, -0.2) is 40.6 Å². The van der Waals surface area contributed by atoms with Gasteiger partial charge in [0, 0.05) is 17.2 Å². The summed E-state index contributed by atoms with van der Waals surface area (Å²) in [4.78, 5) is 29.6. The van der Waals surface area contributed by atoms with Crippen molar-refractivity contribution in [3.05, 3.63) is 42.7 Å². The highest BCUT2D eigenvalue weighted by atomic mass is 16.2. The molecular weight excluding hydrogens is 370 g/mol. The number of hydrogen-bond donors (Lipinski definition) is 3. The summed E-state index contributed by atoms with van der Waals surface area (Å²) in [5.74, 6) is 2.23. The molecule has 1 aliphatic carbocycles. The van der Waals surface area contributed by atoms with Crippen LogP contribution in [-0.2, 0) is 4.79 Å². The molecule has 1 atom stereocenters. The number of fused-ring (bicyclic) bond motifs is 1. The summed E-state index contributed by atoms with van der Waals surface area (Å²) in [6.45, 7) is 1.77. The van der Waals surface area contributed by atoms with E-state index in [-0.39, 0.29) is 11.7 Å². The number of aromatic amines is 1. The lowest BCUT2D eigenvalue weighted by atomic mass is 10.2. The zero-order valence-corrected chi connectivity index (χ0v) is 15.7. The molecule has 4 aromatic rings. The topological polar surface area (TPSA) is 140 Å². The zero-order valence-electron chi connectivity index (χ0n) is 15.7. The number of carbonyl (C=O) groups excluding carboxylic acids is 1. The summed E-state index contributed by atoms with van der Waals surface area (Å²) in [6, 6.07) is 6.92. The van der Waals surface area contributed by atoms with Gasteiger partial charge in [-0.3, -0.25) is 9.89 Å². The van der Waals surface area contributed by atoms with Crippen molar-refractivity contribution in [2.45, 2.75) is 31.7 Å². The number of benzene rings is 1. The maximum atomic E-state index is 12.7. The fourth-order valence-electron chi connectivity index (χ4n) is 3.17. The number of H-pyrrole nitrogens is 1. The Morgan fingerprint density at radius 1 is 1.24 bits per heavy atom. The number of anilines is 2. The van der Waals surface area contributed by atoms with Crippen molar-refractivity contribution in [3.8, 4) is 11.4 Å². The fraction of sp³-hybridized carbons (Fsp3) is 0.263. The number of imidazole rings is 1. The molecule has 0 saturated heterocycles. The van der Waals surface area contributed by atoms with Gasteiger partial charge in [-0.2, -0.15) is 5.10 Å². The van der Waals surface area contributed by atoms with Crippen LogP contribution in [0.25, 0.3) is 22.6 Å². The van der Waals surface area contributed by atoms with Crippen LogP contribution in [0, 0.1) is 0 Å². The Morgan fingerprint density at radius 3 is 2.79 bits per heavy atom. The van der Waals surface area contributed by atoms with E-state index in [0.717, 1.165) is 11.4 Å². The van der Waals surface area contributed by atoms with Crippen LogP contribution in [0.3, 0.4) is 0 Å². The Kier molecular flexibility index (Phi) is 3.97. The Labute approximate surface area is 165 Å². The van der Waals surface area contributed by atoms with Crippen LogP contribution in [0.15, 0.2) is 36.9 Å². The largest absolute Gasteiger partial charge is 0.382 e. The van der Waals surface area contributed by atoms with E-state index in [1.165, 1.54) is 19.2 Å². The standard InChI is InChI=1S/C19H19N9O/c1-10(28-9-23-14-15(20)21-8-22-18(14)28)19(29)24-13-6-4-12(5-7-13)17-25-16(26-27-17)11-2-3-11/h4-11H,2-3H2,1H3,(H,24,29)(H2,20,21,22)(H,25,26,27). The van der Waals surface area contributed by atoms with Crippen LogP contribution < -0.4 is 11.1 Å². The number of amides is 1. The molecule has 3 aromatic heterocycles. The molecule has 0 radical (unpaired) electrons. The number of rotatable bonds is 5. The maximum absolute atomic E-state index is 12.7. The molecular formula is C19H19N9O. The highest BCUT2D eigenvalue weighted by Crippen LogP contribution is 2.38. The van der Waals surface area contributed by atoms with E-state index in [9.17, 15) is 4.79 Å². The van der Waals surface area contributed by atoms with Gasteiger partial charge in [-0.25, -0.2) is 19.9 Å². The number of hydrogen-bond acceptors (Lipinski definition) is 7. The lowest BCUT2D eigenvalue weighted by Gasteiger charge is -2.14. The highest BCUT2D eigenvalue weighted by Gasteiger charge is 2.27. The van der Waals surface area contributed by atoms with Gasteiger partial charge in [0.1, 0.15) is 23.7 Å². The van der Waals surface area contributed by atoms with Gasteiger partial charge in [0.15, 0.2) is 17.3 Å². The monoisotopic (exact) mass is 389 g/mol. The van der Waals surface area contributed by atoms with Crippen molar-refractivity contribution in [3.63, 3.8) is 0 Å². The van der Waals surface area contributed by atoms with Crippen molar-refractivity contribution in [1.82, 2.24) is 34.7 Å². The summed E-state index contributed by atoms with van der Waals surface area (Å²) in [5.41, 5.74) is 8.39. The first-order valence-electron chi connectivity index (χ1n) is 9.37. The van der Waals surface area contributed by atoms with E-state index in [4.69, 9.17) is 5.73 Å². The molecule has 0 spiro atoms. The Hall–Kier alpha value is -3.82. The maximum Gasteiger partial charge on any atom is 0.247 e. The number of carbonyl (C=O) groups is 1. The molecule has 29 heavy (non-hydrogen) atoms. The molecule has 10 nitrogen and oxygen atoms in total.